The van der Waals surface area contributed by atoms with Gasteiger partial charge in [0.15, 0.2) is 29.3 Å². The maximum absolute atomic E-state index is 10.7. The zero-order chi connectivity index (χ0) is 20.8. The summed E-state index contributed by atoms with van der Waals surface area (Å²) in [7, 11) is 3.20. The number of hydrogen-bond donors (Lipinski definition) is 1. The van der Waals surface area contributed by atoms with Crippen LogP contribution in [-0.2, 0) is 11.3 Å². The second-order valence-corrected chi connectivity index (χ2v) is 7.01. The van der Waals surface area contributed by atoms with Crippen molar-refractivity contribution in [1.29, 1.82) is 0 Å². The molecule has 7 nitrogen and oxygen atoms in total. The van der Waals surface area contributed by atoms with E-state index in [-0.39, 0.29) is 13.4 Å². The van der Waals surface area contributed by atoms with Crippen molar-refractivity contribution in [3.05, 3.63) is 41.5 Å². The first-order chi connectivity index (χ1) is 14.7. The summed E-state index contributed by atoms with van der Waals surface area (Å²) >= 11 is 0. The van der Waals surface area contributed by atoms with Crippen LogP contribution in [0.3, 0.4) is 0 Å². The second-order valence-electron chi connectivity index (χ2n) is 7.01. The van der Waals surface area contributed by atoms with Crippen LogP contribution in [0, 0.1) is 0 Å². The number of fused-ring (bicyclic) bond motifs is 3. The van der Waals surface area contributed by atoms with Gasteiger partial charge in [-0.05, 0) is 47.7 Å². The Labute approximate surface area is 173 Å². The molecule has 0 bridgehead atoms. The van der Waals surface area contributed by atoms with E-state index in [1.165, 1.54) is 0 Å². The molecule has 3 aromatic rings. The Morgan fingerprint density at radius 1 is 1.00 bits per heavy atom. The van der Waals surface area contributed by atoms with Crippen molar-refractivity contribution in [3.63, 3.8) is 0 Å². The molecule has 0 spiro atoms. The molecule has 7 heteroatoms. The first-order valence-electron chi connectivity index (χ1n) is 9.73. The van der Waals surface area contributed by atoms with Crippen LogP contribution in [0.2, 0.25) is 0 Å². The average molecular weight is 410 g/mol. The van der Waals surface area contributed by atoms with Crippen molar-refractivity contribution in [1.82, 2.24) is 0 Å². The molecule has 0 saturated carbocycles. The smallest absolute Gasteiger partial charge is 0.231 e. The Morgan fingerprint density at radius 3 is 2.47 bits per heavy atom. The molecule has 1 unspecified atom stereocenters. The van der Waals surface area contributed by atoms with Gasteiger partial charge in [0, 0.05) is 16.5 Å². The maximum Gasteiger partial charge on any atom is 0.231 e. The lowest BCUT2D eigenvalue weighted by Gasteiger charge is -2.20. The Balaban J connectivity index is 1.89. The zero-order valence-electron chi connectivity index (χ0n) is 17.0. The number of aliphatic hydroxyl groups excluding tert-OH is 1. The minimum atomic E-state index is -1.06. The van der Waals surface area contributed by atoms with Gasteiger partial charge in [-0.25, -0.2) is 0 Å². The first-order valence-corrected chi connectivity index (χ1v) is 9.73. The third-order valence-corrected chi connectivity index (χ3v) is 5.49. The molecule has 3 aromatic carbocycles. The van der Waals surface area contributed by atoms with E-state index in [9.17, 15) is 5.11 Å². The Hall–Kier alpha value is -3.16. The predicted molar refractivity (Wildman–Crippen MR) is 110 cm³/mol. The van der Waals surface area contributed by atoms with Crippen molar-refractivity contribution in [2.24, 2.45) is 0 Å². The molecule has 2 aliphatic heterocycles. The van der Waals surface area contributed by atoms with E-state index in [1.54, 1.807) is 14.2 Å². The van der Waals surface area contributed by atoms with E-state index < -0.39 is 6.29 Å². The van der Waals surface area contributed by atoms with E-state index in [4.69, 9.17) is 28.4 Å². The summed E-state index contributed by atoms with van der Waals surface area (Å²) in [6.45, 7) is 2.86. The highest BCUT2D eigenvalue weighted by Crippen LogP contribution is 2.51. The minimum absolute atomic E-state index is 0.192. The summed E-state index contributed by atoms with van der Waals surface area (Å²) in [4.78, 5) is 0. The van der Waals surface area contributed by atoms with E-state index in [0.717, 1.165) is 27.5 Å². The quantitative estimate of drug-likeness (QED) is 0.676. The first kappa shape index (κ1) is 18.8. The number of hydrogen-bond acceptors (Lipinski definition) is 7. The molecular weight excluding hydrogens is 388 g/mol. The van der Waals surface area contributed by atoms with Gasteiger partial charge in [0.1, 0.15) is 5.75 Å². The standard InChI is InChI=1S/C23H22O7/c1-4-27-22-14-9-18(26-3)17(25-2)8-13(14)20(21-15(22)10-28-23(21)24)12-5-6-16-19(7-12)30-11-29-16/h5-9,23-24H,4,10-11H2,1-3H3. The molecule has 0 aromatic heterocycles. The number of aliphatic hydroxyl groups is 1. The average Bonchev–Trinajstić information content (AvgIpc) is 3.39. The molecule has 0 saturated heterocycles. The van der Waals surface area contributed by atoms with Crippen LogP contribution in [0.25, 0.3) is 21.9 Å². The van der Waals surface area contributed by atoms with Gasteiger partial charge in [-0.2, -0.15) is 0 Å². The molecule has 0 aliphatic carbocycles. The van der Waals surface area contributed by atoms with Gasteiger partial charge in [-0.15, -0.1) is 0 Å². The van der Waals surface area contributed by atoms with Gasteiger partial charge in [0.05, 0.1) is 27.4 Å². The maximum atomic E-state index is 10.7. The van der Waals surface area contributed by atoms with Gasteiger partial charge in [-0.1, -0.05) is 6.07 Å². The fourth-order valence-corrected chi connectivity index (χ4v) is 4.19. The highest BCUT2D eigenvalue weighted by molar-refractivity contribution is 6.05. The van der Waals surface area contributed by atoms with E-state index in [0.29, 0.717) is 40.9 Å². The zero-order valence-corrected chi connectivity index (χ0v) is 17.0. The van der Waals surface area contributed by atoms with Crippen molar-refractivity contribution in [3.8, 4) is 39.9 Å². The number of rotatable bonds is 5. The van der Waals surface area contributed by atoms with Crippen LogP contribution < -0.4 is 23.7 Å². The summed E-state index contributed by atoms with van der Waals surface area (Å²) in [6, 6.07) is 9.54. The summed E-state index contributed by atoms with van der Waals surface area (Å²) in [6.07, 6.45) is -1.06. The lowest BCUT2D eigenvalue weighted by atomic mass is 9.89. The number of methoxy groups -OCH3 is 2. The van der Waals surface area contributed by atoms with Crippen LogP contribution in [0.1, 0.15) is 24.3 Å². The Bertz CT molecular complexity index is 1140. The van der Waals surface area contributed by atoms with Crippen LogP contribution in [0.5, 0.6) is 28.7 Å². The summed E-state index contributed by atoms with van der Waals surface area (Å²) in [5, 5.41) is 12.4. The number of benzene rings is 3. The second kappa shape index (κ2) is 7.27. The molecule has 156 valence electrons. The van der Waals surface area contributed by atoms with Crippen LogP contribution >= 0.6 is 0 Å². The molecule has 30 heavy (non-hydrogen) atoms. The normalized spacial score (nSPS) is 16.6. The van der Waals surface area contributed by atoms with Crippen LogP contribution in [0.15, 0.2) is 30.3 Å². The van der Waals surface area contributed by atoms with Crippen molar-refractivity contribution < 1.29 is 33.5 Å². The molecule has 0 fully saturated rings. The van der Waals surface area contributed by atoms with Gasteiger partial charge in [0.2, 0.25) is 6.79 Å². The minimum Gasteiger partial charge on any atom is -0.493 e. The largest absolute Gasteiger partial charge is 0.493 e. The Morgan fingerprint density at radius 2 is 1.73 bits per heavy atom. The molecule has 0 radical (unpaired) electrons. The summed E-state index contributed by atoms with van der Waals surface area (Å²) < 4.78 is 33.7. The van der Waals surface area contributed by atoms with E-state index in [1.807, 2.05) is 37.3 Å². The molecule has 2 aliphatic rings. The topological polar surface area (TPSA) is 75.6 Å². The van der Waals surface area contributed by atoms with E-state index in [2.05, 4.69) is 0 Å². The predicted octanol–water partition coefficient (Wildman–Crippen LogP) is 4.17. The van der Waals surface area contributed by atoms with Crippen molar-refractivity contribution in [2.45, 2.75) is 19.8 Å². The van der Waals surface area contributed by atoms with Crippen LogP contribution in [0.4, 0.5) is 0 Å². The Kier molecular flexibility index (Phi) is 4.56. The SMILES string of the molecule is CCOc1c2c(c(-c3ccc4c(c3)OCO4)c3cc(OC)c(OC)cc13)C(O)OC2. The summed E-state index contributed by atoms with van der Waals surface area (Å²) in [5.41, 5.74) is 3.24. The molecule has 2 heterocycles. The van der Waals surface area contributed by atoms with E-state index >= 15 is 0 Å². The lowest BCUT2D eigenvalue weighted by Crippen LogP contribution is -2.03. The van der Waals surface area contributed by atoms with Crippen LogP contribution in [-0.4, -0.2) is 32.7 Å². The molecule has 1 N–H and O–H groups in total. The monoisotopic (exact) mass is 410 g/mol. The highest BCUT2D eigenvalue weighted by Gasteiger charge is 2.32. The van der Waals surface area contributed by atoms with Gasteiger partial charge in [-0.3, -0.25) is 0 Å². The molecule has 1 atom stereocenters. The van der Waals surface area contributed by atoms with Gasteiger partial charge < -0.3 is 33.5 Å². The third kappa shape index (κ3) is 2.74. The highest BCUT2D eigenvalue weighted by atomic mass is 16.7. The lowest BCUT2D eigenvalue weighted by molar-refractivity contribution is -0.0916. The molecule has 0 amide bonds. The van der Waals surface area contributed by atoms with Gasteiger partial charge >= 0.3 is 0 Å². The van der Waals surface area contributed by atoms with Gasteiger partial charge in [0.25, 0.3) is 0 Å². The van der Waals surface area contributed by atoms with Crippen molar-refractivity contribution in [2.75, 3.05) is 27.6 Å². The van der Waals surface area contributed by atoms with Crippen molar-refractivity contribution >= 4 is 10.8 Å². The number of ether oxygens (including phenoxy) is 6. The fourth-order valence-electron chi connectivity index (χ4n) is 4.19. The summed E-state index contributed by atoms with van der Waals surface area (Å²) in [5.74, 6) is 3.23. The fraction of sp³-hybridized carbons (Fsp3) is 0.304. The molecular formula is C23H22O7. The molecule has 5 rings (SSSR count). The third-order valence-electron chi connectivity index (χ3n) is 5.49.